The molecule has 0 saturated carbocycles. The van der Waals surface area contributed by atoms with Crippen molar-refractivity contribution in [1.29, 1.82) is 0 Å². The monoisotopic (exact) mass is 456 g/mol. The van der Waals surface area contributed by atoms with E-state index in [4.69, 9.17) is 4.74 Å². The number of ether oxygens (including phenoxy) is 1. The lowest BCUT2D eigenvalue weighted by Gasteiger charge is -2.37. The van der Waals surface area contributed by atoms with E-state index in [2.05, 4.69) is 12.1 Å². The van der Waals surface area contributed by atoms with Gasteiger partial charge in [-0.3, -0.25) is 14.4 Å². The molecule has 1 amide bonds. The lowest BCUT2D eigenvalue weighted by atomic mass is 9.76. The number of pyridine rings is 1. The lowest BCUT2D eigenvalue weighted by Crippen LogP contribution is -2.40. The molecule has 1 saturated heterocycles. The molecule has 0 aliphatic carbocycles. The predicted octanol–water partition coefficient (Wildman–Crippen LogP) is 3.57. The van der Waals surface area contributed by atoms with E-state index in [9.17, 15) is 14.4 Å². The van der Waals surface area contributed by atoms with Crippen molar-refractivity contribution in [2.45, 2.75) is 25.2 Å². The molecule has 2 aliphatic heterocycles. The van der Waals surface area contributed by atoms with Gasteiger partial charge in [-0.2, -0.15) is 0 Å². The van der Waals surface area contributed by atoms with Gasteiger partial charge in [-0.1, -0.05) is 30.3 Å². The molecule has 0 spiro atoms. The molecule has 2 aromatic carbocycles. The van der Waals surface area contributed by atoms with Crippen LogP contribution in [0.5, 0.6) is 5.75 Å². The number of hydrogen-bond acceptors (Lipinski definition) is 4. The number of aromatic nitrogens is 1. The van der Waals surface area contributed by atoms with Gasteiger partial charge in [0.15, 0.2) is 5.78 Å². The molecule has 6 nitrogen and oxygen atoms in total. The van der Waals surface area contributed by atoms with Gasteiger partial charge < -0.3 is 14.2 Å². The fourth-order valence-electron chi connectivity index (χ4n) is 5.19. The Morgan fingerprint density at radius 3 is 2.47 bits per heavy atom. The number of carbonyl (C=O) groups excluding carboxylic acids is 2. The highest BCUT2D eigenvalue weighted by Crippen LogP contribution is 2.38. The minimum atomic E-state index is -0.0130. The van der Waals surface area contributed by atoms with Crippen molar-refractivity contribution in [3.05, 3.63) is 99.5 Å². The second-order valence-electron chi connectivity index (χ2n) is 9.25. The number of rotatable bonds is 4. The van der Waals surface area contributed by atoms with E-state index >= 15 is 0 Å². The number of piperidine rings is 1. The number of hydrogen-bond donors (Lipinski definition) is 0. The Balaban J connectivity index is 1.34. The summed E-state index contributed by atoms with van der Waals surface area (Å²) in [4.78, 5) is 39.2. The van der Waals surface area contributed by atoms with Crippen molar-refractivity contribution in [2.24, 2.45) is 13.0 Å². The maximum Gasteiger partial charge on any atom is 0.253 e. The number of benzene rings is 2. The highest BCUT2D eigenvalue weighted by Gasteiger charge is 2.31. The van der Waals surface area contributed by atoms with Crippen LogP contribution in [0.2, 0.25) is 0 Å². The number of likely N-dealkylation sites (tertiary alicyclic amines) is 1. The van der Waals surface area contributed by atoms with Crippen LogP contribution in [0.3, 0.4) is 0 Å². The number of nitrogens with zero attached hydrogens (tertiary/aromatic N) is 2. The Morgan fingerprint density at radius 2 is 1.74 bits per heavy atom. The summed E-state index contributed by atoms with van der Waals surface area (Å²) in [6, 6.07) is 19.5. The molecule has 0 unspecified atom stereocenters. The zero-order chi connectivity index (χ0) is 23.7. The normalized spacial score (nSPS) is 17.1. The molecular formula is C28H28N2O4. The average molecular weight is 457 g/mol. The van der Waals surface area contributed by atoms with E-state index < -0.39 is 0 Å². The molecule has 3 aromatic rings. The van der Waals surface area contributed by atoms with Crippen molar-refractivity contribution in [1.82, 2.24) is 9.47 Å². The largest absolute Gasteiger partial charge is 0.486 e. The van der Waals surface area contributed by atoms with Crippen LogP contribution in [-0.4, -0.2) is 40.9 Å². The Labute approximate surface area is 198 Å². The maximum absolute atomic E-state index is 13.2. The summed E-state index contributed by atoms with van der Waals surface area (Å²) in [6.07, 6.45) is 3.85. The van der Waals surface area contributed by atoms with Gasteiger partial charge in [-0.15, -0.1) is 0 Å². The summed E-state index contributed by atoms with van der Waals surface area (Å²) in [5, 5.41) is 0. The second-order valence-corrected chi connectivity index (χ2v) is 9.25. The topological polar surface area (TPSA) is 68.6 Å². The van der Waals surface area contributed by atoms with E-state index in [1.807, 2.05) is 35.4 Å². The number of amides is 1. The molecule has 174 valence electrons. The lowest BCUT2D eigenvalue weighted by molar-refractivity contribution is -0.121. The molecule has 1 aromatic heterocycles. The van der Waals surface area contributed by atoms with Crippen LogP contribution in [0.15, 0.2) is 71.7 Å². The van der Waals surface area contributed by atoms with Gasteiger partial charge in [0, 0.05) is 55.9 Å². The van der Waals surface area contributed by atoms with Crippen LogP contribution in [0, 0.1) is 5.92 Å². The molecule has 0 N–H and O–H groups in total. The summed E-state index contributed by atoms with van der Waals surface area (Å²) >= 11 is 0. The molecule has 0 radical (unpaired) electrons. The maximum atomic E-state index is 13.2. The minimum Gasteiger partial charge on any atom is -0.486 e. The molecule has 1 fully saturated rings. The molecule has 2 aliphatic rings. The van der Waals surface area contributed by atoms with Crippen molar-refractivity contribution >= 4 is 11.7 Å². The second kappa shape index (κ2) is 9.29. The smallest absolute Gasteiger partial charge is 0.253 e. The molecule has 3 heterocycles. The van der Waals surface area contributed by atoms with E-state index in [-0.39, 0.29) is 29.8 Å². The Morgan fingerprint density at radius 1 is 0.971 bits per heavy atom. The summed E-state index contributed by atoms with van der Waals surface area (Å²) in [7, 11) is 1.76. The third kappa shape index (κ3) is 4.40. The molecular weight excluding hydrogens is 428 g/mol. The van der Waals surface area contributed by atoms with Crippen LogP contribution in [0.1, 0.15) is 45.8 Å². The van der Waals surface area contributed by atoms with Crippen LogP contribution in [0.4, 0.5) is 0 Å². The fourth-order valence-corrected chi connectivity index (χ4v) is 5.19. The molecule has 1 atom stereocenters. The van der Waals surface area contributed by atoms with E-state index in [0.29, 0.717) is 36.7 Å². The first kappa shape index (κ1) is 22.1. The summed E-state index contributed by atoms with van der Waals surface area (Å²) in [6.45, 7) is 1.41. The summed E-state index contributed by atoms with van der Waals surface area (Å²) < 4.78 is 7.05. The Kier molecular flexibility index (Phi) is 6.05. The first-order valence-corrected chi connectivity index (χ1v) is 11.8. The highest BCUT2D eigenvalue weighted by atomic mass is 16.5. The van der Waals surface area contributed by atoms with E-state index in [1.165, 1.54) is 5.56 Å². The van der Waals surface area contributed by atoms with Gasteiger partial charge in [0.05, 0.1) is 0 Å². The van der Waals surface area contributed by atoms with E-state index in [0.717, 1.165) is 24.0 Å². The third-order valence-electron chi connectivity index (χ3n) is 7.03. The number of fused-ring (bicyclic) bond motifs is 1. The van der Waals surface area contributed by atoms with Gasteiger partial charge in [0.2, 0.25) is 0 Å². The van der Waals surface area contributed by atoms with Gasteiger partial charge in [0.1, 0.15) is 12.4 Å². The van der Waals surface area contributed by atoms with Crippen LogP contribution in [0.25, 0.3) is 0 Å². The summed E-state index contributed by atoms with van der Waals surface area (Å²) in [5.41, 5.74) is 3.59. The third-order valence-corrected chi connectivity index (χ3v) is 7.03. The van der Waals surface area contributed by atoms with Crippen LogP contribution in [-0.2, 0) is 18.3 Å². The highest BCUT2D eigenvalue weighted by molar-refractivity contribution is 5.95. The summed E-state index contributed by atoms with van der Waals surface area (Å²) in [5.74, 6) is 1.15. The SMILES string of the molecule is Cn1ccc([C@H](c2ccccc2)C2CCN(C(=O)c3ccc4c(c3)CC(=O)CO4)CC2)cc1=O. The van der Waals surface area contributed by atoms with Crippen LogP contribution >= 0.6 is 0 Å². The van der Waals surface area contributed by atoms with Crippen molar-refractivity contribution < 1.29 is 14.3 Å². The number of Topliss-reactive ketones (excluding diaryl/α,β-unsaturated/α-hetero) is 1. The average Bonchev–Trinajstić information content (AvgIpc) is 2.86. The standard InChI is InChI=1S/C28H28N2O4/c1-29-12-9-21(17-26(29)32)27(19-5-3-2-4-6-19)20-10-13-30(14-11-20)28(33)22-7-8-25-23(15-22)16-24(31)18-34-25/h2-9,12,15,17,20,27H,10-11,13-14,16,18H2,1H3/t27-/m1/s1. The predicted molar refractivity (Wildman–Crippen MR) is 129 cm³/mol. The quantitative estimate of drug-likeness (QED) is 0.602. The first-order chi connectivity index (χ1) is 16.5. The van der Waals surface area contributed by atoms with Gasteiger partial charge >= 0.3 is 0 Å². The van der Waals surface area contributed by atoms with Crippen molar-refractivity contribution in [2.75, 3.05) is 19.7 Å². The Bertz CT molecular complexity index is 1270. The van der Waals surface area contributed by atoms with E-state index in [1.54, 1.807) is 35.9 Å². The van der Waals surface area contributed by atoms with Crippen molar-refractivity contribution in [3.8, 4) is 5.75 Å². The molecule has 5 rings (SSSR count). The minimum absolute atomic E-state index is 0.0101. The Hall–Kier alpha value is -3.67. The zero-order valence-electron chi connectivity index (χ0n) is 19.3. The first-order valence-electron chi connectivity index (χ1n) is 11.8. The molecule has 6 heteroatoms. The zero-order valence-corrected chi connectivity index (χ0v) is 19.3. The molecule has 0 bridgehead atoms. The van der Waals surface area contributed by atoms with Gasteiger partial charge in [-0.25, -0.2) is 0 Å². The molecule has 34 heavy (non-hydrogen) atoms. The fraction of sp³-hybridized carbons (Fsp3) is 0.321. The number of aryl methyl sites for hydroxylation is 1. The van der Waals surface area contributed by atoms with Gasteiger partial charge in [0.25, 0.3) is 11.5 Å². The number of carbonyl (C=O) groups is 2. The van der Waals surface area contributed by atoms with Crippen LogP contribution < -0.4 is 10.3 Å². The number of ketones is 1. The van der Waals surface area contributed by atoms with Gasteiger partial charge in [-0.05, 0) is 54.2 Å². The van der Waals surface area contributed by atoms with Crippen molar-refractivity contribution in [3.63, 3.8) is 0 Å².